The van der Waals surface area contributed by atoms with Crippen molar-refractivity contribution in [2.75, 3.05) is 0 Å². The van der Waals surface area contributed by atoms with E-state index in [1.807, 2.05) is 13.8 Å². The van der Waals surface area contributed by atoms with Gasteiger partial charge in [0.1, 0.15) is 5.60 Å². The number of fused-ring (bicyclic) bond motifs is 4. The summed E-state index contributed by atoms with van der Waals surface area (Å²) in [4.78, 5) is 11.8. The quantitative estimate of drug-likeness (QED) is 0.488. The smallest absolute Gasteiger partial charge is 0.303 e. The highest BCUT2D eigenvalue weighted by Crippen LogP contribution is 2.89. The molecule has 5 heteroatoms. The van der Waals surface area contributed by atoms with Crippen molar-refractivity contribution in [1.29, 1.82) is 0 Å². The third-order valence-electron chi connectivity index (χ3n) is 14.0. The predicted molar refractivity (Wildman–Crippen MR) is 138 cm³/mol. The average molecular weight is 503 g/mol. The molecule has 36 heavy (non-hydrogen) atoms. The SMILES string of the molecule is CC(=O)OC(C)(C)C1C[C@@H](C)[C@H]2C(O1)[C@H](O)[C@@]1(C)C3CC[C@H]4C(C)(C)[C@@H](O)CC[C@@]45C[C@@]35CC[C@]21C. The molecule has 2 N–H and O–H groups in total. The molecule has 5 aliphatic carbocycles. The van der Waals surface area contributed by atoms with Crippen LogP contribution in [0.3, 0.4) is 0 Å². The van der Waals surface area contributed by atoms with E-state index >= 15 is 0 Å². The van der Waals surface area contributed by atoms with E-state index in [0.717, 1.165) is 32.1 Å². The van der Waals surface area contributed by atoms with Gasteiger partial charge >= 0.3 is 5.97 Å². The largest absolute Gasteiger partial charge is 0.457 e. The summed E-state index contributed by atoms with van der Waals surface area (Å²) in [5.74, 6) is 1.52. The van der Waals surface area contributed by atoms with E-state index in [1.165, 1.54) is 26.2 Å². The number of rotatable bonds is 2. The molecule has 0 radical (unpaired) electrons. The van der Waals surface area contributed by atoms with Crippen molar-refractivity contribution in [2.24, 2.45) is 50.7 Å². The van der Waals surface area contributed by atoms with Gasteiger partial charge in [-0.1, -0.05) is 34.6 Å². The minimum absolute atomic E-state index is 0.0240. The molecule has 1 aliphatic heterocycles. The van der Waals surface area contributed by atoms with E-state index in [2.05, 4.69) is 34.6 Å². The normalized spacial score (nSPS) is 56.9. The Balaban J connectivity index is 1.35. The summed E-state index contributed by atoms with van der Waals surface area (Å²) in [6.07, 6.45) is 7.83. The lowest BCUT2D eigenvalue weighted by molar-refractivity contribution is -0.210. The first-order valence-electron chi connectivity index (χ1n) is 14.8. The first-order chi connectivity index (χ1) is 16.6. The maximum absolute atomic E-state index is 12.3. The van der Waals surface area contributed by atoms with Gasteiger partial charge < -0.3 is 19.7 Å². The molecule has 0 bridgehead atoms. The third kappa shape index (κ3) is 2.77. The lowest BCUT2D eigenvalue weighted by Crippen LogP contribution is -2.59. The van der Waals surface area contributed by atoms with Crippen molar-refractivity contribution in [1.82, 2.24) is 0 Å². The van der Waals surface area contributed by atoms with Crippen LogP contribution in [0.2, 0.25) is 0 Å². The van der Waals surface area contributed by atoms with Crippen molar-refractivity contribution in [2.45, 2.75) is 137 Å². The maximum Gasteiger partial charge on any atom is 0.303 e. The minimum atomic E-state index is -0.714. The van der Waals surface area contributed by atoms with Crippen LogP contribution in [-0.2, 0) is 14.3 Å². The average Bonchev–Trinajstić information content (AvgIpc) is 3.40. The van der Waals surface area contributed by atoms with Crippen LogP contribution in [0.1, 0.15) is 107 Å². The number of ether oxygens (including phenoxy) is 2. The summed E-state index contributed by atoms with van der Waals surface area (Å²) >= 11 is 0. The minimum Gasteiger partial charge on any atom is -0.457 e. The van der Waals surface area contributed by atoms with Crippen molar-refractivity contribution >= 4 is 5.97 Å². The molecule has 3 unspecified atom stereocenters. The van der Waals surface area contributed by atoms with E-state index in [0.29, 0.717) is 34.5 Å². The Morgan fingerprint density at radius 3 is 2.28 bits per heavy atom. The van der Waals surface area contributed by atoms with E-state index in [1.54, 1.807) is 0 Å². The zero-order valence-corrected chi connectivity index (χ0v) is 23.9. The molecule has 1 heterocycles. The van der Waals surface area contributed by atoms with Crippen LogP contribution in [0.25, 0.3) is 0 Å². The highest BCUT2D eigenvalue weighted by molar-refractivity contribution is 5.66. The van der Waals surface area contributed by atoms with Crippen LogP contribution >= 0.6 is 0 Å². The summed E-state index contributed by atoms with van der Waals surface area (Å²) in [6.45, 7) is 17.2. The van der Waals surface area contributed by atoms with Gasteiger partial charge in [-0.15, -0.1) is 0 Å². The highest BCUT2D eigenvalue weighted by atomic mass is 16.6. The second-order valence-corrected chi connectivity index (χ2v) is 15.7. The van der Waals surface area contributed by atoms with Crippen molar-refractivity contribution in [3.63, 3.8) is 0 Å². The number of aliphatic hydroxyl groups is 2. The molecule has 5 saturated carbocycles. The predicted octanol–water partition coefficient (Wildman–Crippen LogP) is 5.50. The Labute approximate surface area is 218 Å². The molecule has 0 aromatic heterocycles. The molecule has 0 aromatic carbocycles. The first-order valence-corrected chi connectivity index (χ1v) is 14.8. The van der Waals surface area contributed by atoms with Gasteiger partial charge in [0.05, 0.1) is 24.4 Å². The van der Waals surface area contributed by atoms with Crippen LogP contribution in [0.15, 0.2) is 0 Å². The summed E-state index contributed by atoms with van der Waals surface area (Å²) in [5, 5.41) is 23.2. The molecule has 6 rings (SSSR count). The van der Waals surface area contributed by atoms with E-state index < -0.39 is 11.7 Å². The Morgan fingerprint density at radius 2 is 1.61 bits per heavy atom. The number of aliphatic hydroxyl groups excluding tert-OH is 2. The van der Waals surface area contributed by atoms with Gasteiger partial charge in [-0.05, 0) is 111 Å². The maximum atomic E-state index is 12.3. The Kier molecular flexibility index (Phi) is 5.19. The van der Waals surface area contributed by atoms with E-state index in [-0.39, 0.29) is 40.5 Å². The van der Waals surface area contributed by atoms with Gasteiger partial charge in [0.15, 0.2) is 0 Å². The number of carbonyl (C=O) groups excluding carboxylic acids is 1. The highest BCUT2D eigenvalue weighted by Gasteiger charge is 2.84. The van der Waals surface area contributed by atoms with Crippen molar-refractivity contribution in [3.05, 3.63) is 0 Å². The summed E-state index contributed by atoms with van der Waals surface area (Å²) in [5.41, 5.74) is -0.232. The number of esters is 1. The molecule has 1 saturated heterocycles. The van der Waals surface area contributed by atoms with Crippen LogP contribution in [0.5, 0.6) is 0 Å². The fraction of sp³-hybridized carbons (Fsp3) is 0.968. The summed E-state index contributed by atoms with van der Waals surface area (Å²) < 4.78 is 12.5. The second kappa shape index (κ2) is 7.30. The summed E-state index contributed by atoms with van der Waals surface area (Å²) in [6, 6.07) is 0. The van der Waals surface area contributed by atoms with Gasteiger partial charge in [-0.3, -0.25) is 4.79 Å². The van der Waals surface area contributed by atoms with Gasteiger partial charge in [0.25, 0.3) is 0 Å². The van der Waals surface area contributed by atoms with Crippen LogP contribution in [0.4, 0.5) is 0 Å². The third-order valence-corrected chi connectivity index (χ3v) is 14.0. The number of carbonyl (C=O) groups is 1. The first kappa shape index (κ1) is 25.6. The molecular formula is C31H50O5. The van der Waals surface area contributed by atoms with Gasteiger partial charge in [-0.2, -0.15) is 0 Å². The molecule has 5 nitrogen and oxygen atoms in total. The van der Waals surface area contributed by atoms with Gasteiger partial charge in [-0.25, -0.2) is 0 Å². The molecule has 6 fully saturated rings. The Hall–Kier alpha value is -0.650. The van der Waals surface area contributed by atoms with Crippen LogP contribution in [-0.4, -0.2) is 46.2 Å². The molecule has 0 aromatic rings. The molecule has 204 valence electrons. The standard InChI is InChI=1S/C31H50O5/c1-17-15-22(27(5,6)36-18(2)32)35-24-23(17)28(7)13-14-31-16-30(31)12-11-21(33)26(3,4)19(30)9-10-20(31)29(28,8)25(24)34/h17,19-25,33-34H,9-16H2,1-8H3/t17-,19+,20?,21+,22?,23+,24?,25+,28-,29-,30-,31+/m1/s1. The monoisotopic (exact) mass is 502 g/mol. The van der Waals surface area contributed by atoms with Crippen molar-refractivity contribution in [3.8, 4) is 0 Å². The lowest BCUT2D eigenvalue weighted by Gasteiger charge is -2.63. The molecule has 6 aliphatic rings. The molecular weight excluding hydrogens is 452 g/mol. The second-order valence-electron chi connectivity index (χ2n) is 15.7. The zero-order valence-electron chi connectivity index (χ0n) is 23.9. The van der Waals surface area contributed by atoms with E-state index in [9.17, 15) is 15.0 Å². The fourth-order valence-electron chi connectivity index (χ4n) is 12.2. The lowest BCUT2D eigenvalue weighted by atomic mass is 9.41. The summed E-state index contributed by atoms with van der Waals surface area (Å²) in [7, 11) is 0. The number of hydrogen-bond acceptors (Lipinski definition) is 5. The Bertz CT molecular complexity index is 959. The molecule has 0 amide bonds. The van der Waals surface area contributed by atoms with Crippen molar-refractivity contribution < 1.29 is 24.5 Å². The zero-order chi connectivity index (χ0) is 26.3. The van der Waals surface area contributed by atoms with Crippen LogP contribution < -0.4 is 0 Å². The van der Waals surface area contributed by atoms with Gasteiger partial charge in [0, 0.05) is 12.3 Å². The molecule has 12 atom stereocenters. The van der Waals surface area contributed by atoms with Crippen LogP contribution in [0, 0.1) is 50.7 Å². The topological polar surface area (TPSA) is 76.0 Å². The molecule has 2 spiro atoms. The number of hydrogen-bond donors (Lipinski definition) is 2. The van der Waals surface area contributed by atoms with Gasteiger partial charge in [0.2, 0.25) is 0 Å². The Morgan fingerprint density at radius 1 is 0.972 bits per heavy atom. The van der Waals surface area contributed by atoms with E-state index in [4.69, 9.17) is 9.47 Å². The fourth-order valence-corrected chi connectivity index (χ4v) is 12.2.